The molecular weight excluding hydrogens is 433 g/mol. The van der Waals surface area contributed by atoms with Crippen LogP contribution in [-0.4, -0.2) is 18.4 Å². The molecular formula is C16H16Br2FNO3. The molecule has 1 aliphatic rings. The zero-order chi connectivity index (χ0) is 17.3. The number of carbonyl (C=O) groups is 2. The van der Waals surface area contributed by atoms with Crippen LogP contribution in [0.15, 0.2) is 26.3 Å². The first kappa shape index (κ1) is 18.1. The molecule has 0 atom stereocenters. The lowest BCUT2D eigenvalue weighted by atomic mass is 9.96. The third kappa shape index (κ3) is 3.66. The maximum atomic E-state index is 14.1. The molecule has 0 spiro atoms. The molecule has 1 aromatic carbocycles. The van der Waals surface area contributed by atoms with Gasteiger partial charge in [-0.15, -0.1) is 0 Å². The van der Waals surface area contributed by atoms with Gasteiger partial charge in [-0.3, -0.25) is 4.79 Å². The van der Waals surface area contributed by atoms with Crippen molar-refractivity contribution in [1.82, 2.24) is 0 Å². The summed E-state index contributed by atoms with van der Waals surface area (Å²) in [5.41, 5.74) is 6.25. The predicted octanol–water partition coefficient (Wildman–Crippen LogP) is 4.03. The number of esters is 1. The second kappa shape index (κ2) is 7.13. The molecule has 0 amide bonds. The number of benzene rings is 1. The van der Waals surface area contributed by atoms with Gasteiger partial charge in [0.1, 0.15) is 11.4 Å². The standard InChI is InChI=1S/C16H16Br2FNO3/c1-3-23-16(22)12(14(20)8-4-5-8)15(21)11-7(2)13(19)10(18)6-9(11)17/h6,8H,3-5,20H2,1-2H3. The van der Waals surface area contributed by atoms with E-state index in [4.69, 9.17) is 10.5 Å². The van der Waals surface area contributed by atoms with Crippen molar-refractivity contribution in [3.63, 3.8) is 0 Å². The van der Waals surface area contributed by atoms with Gasteiger partial charge in [0.15, 0.2) is 0 Å². The lowest BCUT2D eigenvalue weighted by molar-refractivity contribution is -0.138. The molecule has 0 heterocycles. The summed E-state index contributed by atoms with van der Waals surface area (Å²) >= 11 is 6.35. The maximum Gasteiger partial charge on any atom is 0.343 e. The topological polar surface area (TPSA) is 69.4 Å². The quantitative estimate of drug-likeness (QED) is 0.184. The lowest BCUT2D eigenvalue weighted by Gasteiger charge is -2.14. The van der Waals surface area contributed by atoms with Crippen molar-refractivity contribution in [1.29, 1.82) is 0 Å². The van der Waals surface area contributed by atoms with Crippen molar-refractivity contribution in [3.05, 3.63) is 43.2 Å². The van der Waals surface area contributed by atoms with Crippen LogP contribution in [0.2, 0.25) is 0 Å². The van der Waals surface area contributed by atoms with Crippen molar-refractivity contribution in [2.45, 2.75) is 26.7 Å². The van der Waals surface area contributed by atoms with Crippen molar-refractivity contribution in [2.75, 3.05) is 6.61 Å². The molecule has 7 heteroatoms. The van der Waals surface area contributed by atoms with Gasteiger partial charge in [-0.1, -0.05) is 0 Å². The van der Waals surface area contributed by atoms with Gasteiger partial charge in [-0.25, -0.2) is 9.18 Å². The summed E-state index contributed by atoms with van der Waals surface area (Å²) in [6, 6.07) is 1.44. The number of halogens is 3. The summed E-state index contributed by atoms with van der Waals surface area (Å²) in [5, 5.41) is 0. The Balaban J connectivity index is 2.57. The molecule has 0 radical (unpaired) electrons. The van der Waals surface area contributed by atoms with Gasteiger partial charge in [-0.2, -0.15) is 0 Å². The molecule has 2 N–H and O–H groups in total. The molecule has 0 aliphatic heterocycles. The van der Waals surface area contributed by atoms with E-state index in [1.165, 1.54) is 13.0 Å². The highest BCUT2D eigenvalue weighted by atomic mass is 79.9. The monoisotopic (exact) mass is 447 g/mol. The SMILES string of the molecule is CCOC(=O)C(C(=O)c1c(Br)cc(Br)c(F)c1C)=C(N)C1CC1. The minimum Gasteiger partial charge on any atom is -0.462 e. The van der Waals surface area contributed by atoms with Gasteiger partial charge in [0.25, 0.3) is 0 Å². The molecule has 23 heavy (non-hydrogen) atoms. The molecule has 0 bridgehead atoms. The Kier molecular flexibility index (Phi) is 5.62. The Hall–Kier alpha value is -1.21. The Bertz CT molecular complexity index is 712. The van der Waals surface area contributed by atoms with Crippen LogP contribution in [0.4, 0.5) is 4.39 Å². The van der Waals surface area contributed by atoms with Gasteiger partial charge in [0.2, 0.25) is 5.78 Å². The molecule has 0 aromatic heterocycles. The van der Waals surface area contributed by atoms with E-state index in [9.17, 15) is 14.0 Å². The van der Waals surface area contributed by atoms with Crippen LogP contribution in [-0.2, 0) is 9.53 Å². The number of hydrogen-bond acceptors (Lipinski definition) is 4. The van der Waals surface area contributed by atoms with Crippen LogP contribution in [0.1, 0.15) is 35.7 Å². The van der Waals surface area contributed by atoms with E-state index < -0.39 is 17.6 Å². The fourth-order valence-corrected chi connectivity index (χ4v) is 3.80. The van der Waals surface area contributed by atoms with Crippen LogP contribution in [0.3, 0.4) is 0 Å². The highest BCUT2D eigenvalue weighted by Crippen LogP contribution is 2.37. The van der Waals surface area contributed by atoms with Crippen LogP contribution in [0.25, 0.3) is 0 Å². The van der Waals surface area contributed by atoms with Gasteiger partial charge in [0, 0.05) is 15.7 Å². The Morgan fingerprint density at radius 2 is 1.96 bits per heavy atom. The molecule has 1 saturated carbocycles. The number of Topliss-reactive ketones (excluding diaryl/α,β-unsaturated/α-hetero) is 1. The second-order valence-electron chi connectivity index (χ2n) is 5.31. The molecule has 0 unspecified atom stereocenters. The van der Waals surface area contributed by atoms with Gasteiger partial charge < -0.3 is 10.5 Å². The molecule has 1 aromatic rings. The predicted molar refractivity (Wildman–Crippen MR) is 91.4 cm³/mol. The zero-order valence-electron chi connectivity index (χ0n) is 12.7. The van der Waals surface area contributed by atoms with Crippen molar-refractivity contribution in [2.24, 2.45) is 11.7 Å². The van der Waals surface area contributed by atoms with E-state index in [1.807, 2.05) is 0 Å². The fourth-order valence-electron chi connectivity index (χ4n) is 2.26. The molecule has 1 fully saturated rings. The Morgan fingerprint density at radius 1 is 1.35 bits per heavy atom. The number of nitrogens with two attached hydrogens (primary N) is 1. The minimum absolute atomic E-state index is 0.0118. The molecule has 1 aliphatic carbocycles. The van der Waals surface area contributed by atoms with E-state index in [-0.39, 0.29) is 39.4 Å². The van der Waals surface area contributed by atoms with Crippen LogP contribution in [0.5, 0.6) is 0 Å². The number of rotatable bonds is 5. The van der Waals surface area contributed by atoms with Crippen LogP contribution in [0, 0.1) is 18.7 Å². The highest BCUT2D eigenvalue weighted by Gasteiger charge is 2.34. The first-order valence-electron chi connectivity index (χ1n) is 7.15. The highest BCUT2D eigenvalue weighted by molar-refractivity contribution is 9.11. The lowest BCUT2D eigenvalue weighted by Crippen LogP contribution is -2.23. The number of hydrogen-bond donors (Lipinski definition) is 1. The van der Waals surface area contributed by atoms with E-state index in [2.05, 4.69) is 31.9 Å². The second-order valence-corrected chi connectivity index (χ2v) is 7.02. The van der Waals surface area contributed by atoms with Crippen LogP contribution >= 0.6 is 31.9 Å². The van der Waals surface area contributed by atoms with E-state index in [0.717, 1.165) is 12.8 Å². The van der Waals surface area contributed by atoms with E-state index in [1.54, 1.807) is 6.92 Å². The average molecular weight is 449 g/mol. The summed E-state index contributed by atoms with van der Waals surface area (Å²) in [7, 11) is 0. The van der Waals surface area contributed by atoms with Crippen molar-refractivity contribution in [3.8, 4) is 0 Å². The fraction of sp³-hybridized carbons (Fsp3) is 0.375. The summed E-state index contributed by atoms with van der Waals surface area (Å²) in [4.78, 5) is 25.1. The summed E-state index contributed by atoms with van der Waals surface area (Å²) in [5.74, 6) is -1.93. The smallest absolute Gasteiger partial charge is 0.343 e. The molecule has 124 valence electrons. The van der Waals surface area contributed by atoms with E-state index in [0.29, 0.717) is 4.47 Å². The summed E-state index contributed by atoms with van der Waals surface area (Å²) in [6.07, 6.45) is 1.66. The number of ketones is 1. The largest absolute Gasteiger partial charge is 0.462 e. The third-order valence-corrected chi connectivity index (χ3v) is 4.85. The van der Waals surface area contributed by atoms with Crippen molar-refractivity contribution >= 4 is 43.6 Å². The number of carbonyl (C=O) groups excluding carboxylic acids is 2. The minimum atomic E-state index is -0.767. The van der Waals surface area contributed by atoms with Gasteiger partial charge >= 0.3 is 5.97 Å². The summed E-state index contributed by atoms with van der Waals surface area (Å²) in [6.45, 7) is 3.25. The molecule has 2 rings (SSSR count). The molecule has 0 saturated heterocycles. The zero-order valence-corrected chi connectivity index (χ0v) is 15.9. The molecule has 4 nitrogen and oxygen atoms in total. The van der Waals surface area contributed by atoms with Gasteiger partial charge in [-0.05, 0) is 76.1 Å². The Morgan fingerprint density at radius 3 is 2.48 bits per heavy atom. The number of ether oxygens (including phenoxy) is 1. The first-order valence-corrected chi connectivity index (χ1v) is 8.73. The van der Waals surface area contributed by atoms with Crippen molar-refractivity contribution < 1.29 is 18.7 Å². The maximum absolute atomic E-state index is 14.1. The average Bonchev–Trinajstić information content (AvgIpc) is 3.30. The summed E-state index contributed by atoms with van der Waals surface area (Å²) < 4.78 is 19.7. The van der Waals surface area contributed by atoms with Gasteiger partial charge in [0.05, 0.1) is 11.1 Å². The Labute approximate surface area is 150 Å². The third-order valence-electron chi connectivity index (χ3n) is 3.65. The normalized spacial score (nSPS) is 15.2. The van der Waals surface area contributed by atoms with E-state index >= 15 is 0 Å². The van der Waals surface area contributed by atoms with Crippen LogP contribution < -0.4 is 5.73 Å². The number of allylic oxidation sites excluding steroid dienone is 1. The first-order chi connectivity index (χ1) is 10.8.